The predicted octanol–water partition coefficient (Wildman–Crippen LogP) is 0.452. The fraction of sp³-hybridized carbons (Fsp3) is 0.833. The van der Waals surface area contributed by atoms with Gasteiger partial charge in [0, 0.05) is 20.1 Å². The fourth-order valence-electron chi connectivity index (χ4n) is 0.715. The Morgan fingerprint density at radius 2 is 2.67 bits per heavy atom. The Morgan fingerprint density at radius 1 is 1.78 bits per heavy atom. The van der Waals surface area contributed by atoms with Crippen LogP contribution in [0.15, 0.2) is 4.99 Å². The van der Waals surface area contributed by atoms with Crippen LogP contribution in [0.1, 0.15) is 6.42 Å². The van der Waals surface area contributed by atoms with Gasteiger partial charge in [0.1, 0.15) is 6.61 Å². The van der Waals surface area contributed by atoms with Crippen LogP contribution in [-0.4, -0.2) is 32.8 Å². The zero-order valence-electron chi connectivity index (χ0n) is 5.59. The molecular formula is C6H11NO2. The third kappa shape index (κ3) is 2.01. The molecule has 9 heavy (non-hydrogen) atoms. The Balaban J connectivity index is 2.28. The summed E-state index contributed by atoms with van der Waals surface area (Å²) in [5.74, 6) is 0.740. The lowest BCUT2D eigenvalue weighted by Gasteiger charge is -2.11. The van der Waals surface area contributed by atoms with Gasteiger partial charge in [0.05, 0.1) is 6.61 Å². The highest BCUT2D eigenvalue weighted by Crippen LogP contribution is 1.95. The van der Waals surface area contributed by atoms with Gasteiger partial charge < -0.3 is 9.47 Å². The third-order valence-electron chi connectivity index (χ3n) is 1.13. The van der Waals surface area contributed by atoms with E-state index in [0.29, 0.717) is 6.61 Å². The van der Waals surface area contributed by atoms with Crippen molar-refractivity contribution in [3.05, 3.63) is 0 Å². The number of nitrogens with zero attached hydrogens (tertiary/aromatic N) is 1. The monoisotopic (exact) mass is 129 g/mol. The molecule has 52 valence electrons. The minimum Gasteiger partial charge on any atom is -0.479 e. The Kier molecular flexibility index (Phi) is 2.51. The average Bonchev–Trinajstić information content (AvgIpc) is 1.91. The SMILES string of the molecule is COCC1=NCCCO1. The Hall–Kier alpha value is -0.570. The highest BCUT2D eigenvalue weighted by atomic mass is 16.5. The lowest BCUT2D eigenvalue weighted by molar-refractivity contribution is 0.194. The van der Waals surface area contributed by atoms with Crippen LogP contribution in [0.3, 0.4) is 0 Å². The van der Waals surface area contributed by atoms with Gasteiger partial charge in [0.15, 0.2) is 0 Å². The van der Waals surface area contributed by atoms with Crippen molar-refractivity contribution < 1.29 is 9.47 Å². The highest BCUT2D eigenvalue weighted by molar-refractivity contribution is 5.77. The zero-order chi connectivity index (χ0) is 6.53. The molecule has 0 aliphatic carbocycles. The highest BCUT2D eigenvalue weighted by Gasteiger charge is 2.03. The van der Waals surface area contributed by atoms with Crippen LogP contribution in [-0.2, 0) is 9.47 Å². The van der Waals surface area contributed by atoms with Crippen LogP contribution in [0.2, 0.25) is 0 Å². The molecule has 0 amide bonds. The van der Waals surface area contributed by atoms with Gasteiger partial charge in [-0.15, -0.1) is 0 Å². The number of methoxy groups -OCH3 is 1. The van der Waals surface area contributed by atoms with E-state index in [4.69, 9.17) is 9.47 Å². The first kappa shape index (κ1) is 6.55. The lowest BCUT2D eigenvalue weighted by atomic mass is 10.4. The second kappa shape index (κ2) is 3.45. The molecule has 1 aliphatic heterocycles. The van der Waals surface area contributed by atoms with Gasteiger partial charge in [-0.2, -0.15) is 0 Å². The van der Waals surface area contributed by atoms with E-state index in [1.54, 1.807) is 7.11 Å². The summed E-state index contributed by atoms with van der Waals surface area (Å²) in [6, 6.07) is 0. The van der Waals surface area contributed by atoms with E-state index in [0.717, 1.165) is 25.5 Å². The van der Waals surface area contributed by atoms with Crippen LogP contribution >= 0.6 is 0 Å². The van der Waals surface area contributed by atoms with Gasteiger partial charge in [0.2, 0.25) is 5.90 Å². The molecule has 0 saturated carbocycles. The second-order valence-corrected chi connectivity index (χ2v) is 1.91. The summed E-state index contributed by atoms with van der Waals surface area (Å²) in [6.07, 6.45) is 1.03. The van der Waals surface area contributed by atoms with E-state index in [1.807, 2.05) is 0 Å². The Morgan fingerprint density at radius 3 is 3.22 bits per heavy atom. The second-order valence-electron chi connectivity index (χ2n) is 1.91. The van der Waals surface area contributed by atoms with Crippen molar-refractivity contribution in [2.24, 2.45) is 4.99 Å². The summed E-state index contributed by atoms with van der Waals surface area (Å²) >= 11 is 0. The van der Waals surface area contributed by atoms with Crippen molar-refractivity contribution >= 4 is 5.90 Å². The van der Waals surface area contributed by atoms with E-state index < -0.39 is 0 Å². The maximum atomic E-state index is 5.14. The summed E-state index contributed by atoms with van der Waals surface area (Å²) in [7, 11) is 1.64. The molecule has 0 aromatic carbocycles. The fourth-order valence-corrected chi connectivity index (χ4v) is 0.715. The van der Waals surface area contributed by atoms with Crippen molar-refractivity contribution in [2.75, 3.05) is 26.9 Å². The largest absolute Gasteiger partial charge is 0.479 e. The third-order valence-corrected chi connectivity index (χ3v) is 1.13. The molecule has 3 nitrogen and oxygen atoms in total. The lowest BCUT2D eigenvalue weighted by Crippen LogP contribution is -2.17. The van der Waals surface area contributed by atoms with Crippen molar-refractivity contribution in [3.63, 3.8) is 0 Å². The quantitative estimate of drug-likeness (QED) is 0.542. The number of rotatable bonds is 2. The molecule has 0 radical (unpaired) electrons. The van der Waals surface area contributed by atoms with Crippen molar-refractivity contribution in [2.45, 2.75) is 6.42 Å². The standard InChI is InChI=1S/C6H11NO2/c1-8-5-6-7-3-2-4-9-6/h2-5H2,1H3. The van der Waals surface area contributed by atoms with Crippen molar-refractivity contribution in [1.82, 2.24) is 0 Å². The van der Waals surface area contributed by atoms with Gasteiger partial charge >= 0.3 is 0 Å². The minimum absolute atomic E-state index is 0.514. The van der Waals surface area contributed by atoms with Gasteiger partial charge in [0.25, 0.3) is 0 Å². The van der Waals surface area contributed by atoms with Crippen LogP contribution < -0.4 is 0 Å². The average molecular weight is 129 g/mol. The molecule has 0 saturated heterocycles. The van der Waals surface area contributed by atoms with Gasteiger partial charge in [-0.3, -0.25) is 4.99 Å². The van der Waals surface area contributed by atoms with E-state index in [2.05, 4.69) is 4.99 Å². The number of hydrogen-bond donors (Lipinski definition) is 0. The van der Waals surface area contributed by atoms with E-state index in [1.165, 1.54) is 0 Å². The van der Waals surface area contributed by atoms with Crippen LogP contribution in [0.25, 0.3) is 0 Å². The van der Waals surface area contributed by atoms with Crippen LogP contribution in [0.5, 0.6) is 0 Å². The minimum atomic E-state index is 0.514. The summed E-state index contributed by atoms with van der Waals surface area (Å²) in [5, 5.41) is 0. The molecule has 0 fully saturated rings. The molecule has 0 aromatic rings. The van der Waals surface area contributed by atoms with Crippen LogP contribution in [0, 0.1) is 0 Å². The van der Waals surface area contributed by atoms with Crippen LogP contribution in [0.4, 0.5) is 0 Å². The molecular weight excluding hydrogens is 118 g/mol. The summed E-state index contributed by atoms with van der Waals surface area (Å²) in [6.45, 7) is 2.20. The molecule has 3 heteroatoms. The van der Waals surface area contributed by atoms with Gasteiger partial charge in [-0.25, -0.2) is 0 Å². The van der Waals surface area contributed by atoms with Crippen molar-refractivity contribution in [1.29, 1.82) is 0 Å². The molecule has 1 aliphatic rings. The summed E-state index contributed by atoms with van der Waals surface area (Å²) < 4.78 is 9.97. The molecule has 0 atom stereocenters. The zero-order valence-corrected chi connectivity index (χ0v) is 5.59. The Labute approximate surface area is 54.7 Å². The maximum absolute atomic E-state index is 5.14. The van der Waals surface area contributed by atoms with E-state index in [9.17, 15) is 0 Å². The van der Waals surface area contributed by atoms with Crippen molar-refractivity contribution in [3.8, 4) is 0 Å². The van der Waals surface area contributed by atoms with Gasteiger partial charge in [-0.1, -0.05) is 0 Å². The number of aliphatic imine (C=N–C) groups is 1. The molecule has 1 rings (SSSR count). The topological polar surface area (TPSA) is 30.8 Å². The number of hydrogen-bond acceptors (Lipinski definition) is 3. The maximum Gasteiger partial charge on any atom is 0.210 e. The summed E-state index contributed by atoms with van der Waals surface area (Å²) in [4.78, 5) is 4.09. The smallest absolute Gasteiger partial charge is 0.210 e. The molecule has 1 heterocycles. The predicted molar refractivity (Wildman–Crippen MR) is 34.7 cm³/mol. The summed E-state index contributed by atoms with van der Waals surface area (Å²) in [5.41, 5.74) is 0. The van der Waals surface area contributed by atoms with E-state index in [-0.39, 0.29) is 0 Å². The Bertz CT molecular complexity index is 112. The first-order chi connectivity index (χ1) is 4.43. The molecule has 0 N–H and O–H groups in total. The number of ether oxygens (including phenoxy) is 2. The van der Waals surface area contributed by atoms with E-state index >= 15 is 0 Å². The first-order valence-electron chi connectivity index (χ1n) is 3.08. The molecule has 0 unspecified atom stereocenters. The van der Waals surface area contributed by atoms with Gasteiger partial charge in [-0.05, 0) is 0 Å². The normalized spacial score (nSPS) is 18.6. The first-order valence-corrected chi connectivity index (χ1v) is 3.08. The molecule has 0 bridgehead atoms. The molecule has 0 aromatic heterocycles. The molecule has 0 spiro atoms.